The number of aryl methyl sites for hydroxylation is 1. The number of fused-ring (bicyclic) bond motifs is 1. The number of para-hydroxylation sites is 1. The molecule has 2 heterocycles. The number of rotatable bonds is 5. The van der Waals surface area contributed by atoms with Crippen molar-refractivity contribution in [3.8, 4) is 0 Å². The summed E-state index contributed by atoms with van der Waals surface area (Å²) in [5.74, 6) is -1.24. The van der Waals surface area contributed by atoms with E-state index < -0.39 is 11.8 Å². The van der Waals surface area contributed by atoms with Gasteiger partial charge in [-0.2, -0.15) is 0 Å². The maximum absolute atomic E-state index is 12.1. The molecule has 2 aromatic rings. The highest BCUT2D eigenvalue weighted by atomic mass is 16.3. The van der Waals surface area contributed by atoms with Gasteiger partial charge in [-0.3, -0.25) is 25.2 Å². The van der Waals surface area contributed by atoms with E-state index in [9.17, 15) is 14.4 Å². The van der Waals surface area contributed by atoms with E-state index in [1.165, 1.54) is 17.9 Å². The Morgan fingerprint density at radius 2 is 1.85 bits per heavy atom. The molecule has 26 heavy (non-hydrogen) atoms. The van der Waals surface area contributed by atoms with E-state index >= 15 is 0 Å². The predicted molar refractivity (Wildman–Crippen MR) is 94.3 cm³/mol. The number of hydrogen-bond acceptors (Lipinski definition) is 5. The molecule has 1 aromatic carbocycles. The molecule has 0 radical (unpaired) electrons. The molecule has 0 fully saturated rings. The minimum Gasteiger partial charge on any atom is -0.459 e. The fourth-order valence-corrected chi connectivity index (χ4v) is 2.83. The van der Waals surface area contributed by atoms with Gasteiger partial charge in [0, 0.05) is 12.2 Å². The number of nitrogens with one attached hydrogen (secondary N) is 3. The molecule has 0 atom stereocenters. The largest absolute Gasteiger partial charge is 0.459 e. The van der Waals surface area contributed by atoms with Crippen LogP contribution in [0.5, 0.6) is 0 Å². The van der Waals surface area contributed by atoms with Gasteiger partial charge in [-0.15, -0.1) is 0 Å². The van der Waals surface area contributed by atoms with Gasteiger partial charge in [0.1, 0.15) is 0 Å². The molecule has 0 bridgehead atoms. The third-order valence-corrected chi connectivity index (χ3v) is 4.04. The SMILES string of the molecule is O=C(CNC(=O)c1ccco1)NNC(=O)CN1CCCc2ccccc21. The summed E-state index contributed by atoms with van der Waals surface area (Å²) >= 11 is 0. The molecule has 0 unspecified atom stereocenters. The molecule has 1 aliphatic rings. The van der Waals surface area contributed by atoms with Crippen LogP contribution < -0.4 is 21.1 Å². The fraction of sp³-hybridized carbons (Fsp3) is 0.278. The van der Waals surface area contributed by atoms with Gasteiger partial charge in [0.05, 0.1) is 19.4 Å². The van der Waals surface area contributed by atoms with Crippen LogP contribution in [0, 0.1) is 0 Å². The van der Waals surface area contributed by atoms with Crippen LogP contribution in [0.2, 0.25) is 0 Å². The normalized spacial score (nSPS) is 12.8. The van der Waals surface area contributed by atoms with Gasteiger partial charge in [0.15, 0.2) is 5.76 Å². The van der Waals surface area contributed by atoms with Crippen LogP contribution in [0.1, 0.15) is 22.5 Å². The van der Waals surface area contributed by atoms with Crippen LogP contribution in [-0.4, -0.2) is 37.4 Å². The van der Waals surface area contributed by atoms with Crippen molar-refractivity contribution in [2.24, 2.45) is 0 Å². The van der Waals surface area contributed by atoms with Gasteiger partial charge in [0.25, 0.3) is 17.7 Å². The maximum Gasteiger partial charge on any atom is 0.287 e. The van der Waals surface area contributed by atoms with Crippen LogP contribution in [0.15, 0.2) is 47.1 Å². The average Bonchev–Trinajstić information content (AvgIpc) is 3.19. The van der Waals surface area contributed by atoms with Crippen molar-refractivity contribution in [3.05, 3.63) is 54.0 Å². The number of amides is 3. The lowest BCUT2D eigenvalue weighted by Gasteiger charge is -2.30. The van der Waals surface area contributed by atoms with Crippen molar-refractivity contribution in [3.63, 3.8) is 0 Å². The minimum atomic E-state index is -0.530. The van der Waals surface area contributed by atoms with E-state index in [4.69, 9.17) is 4.42 Å². The molecular weight excluding hydrogens is 336 g/mol. The summed E-state index contributed by atoms with van der Waals surface area (Å²) in [6, 6.07) is 11.0. The maximum atomic E-state index is 12.1. The van der Waals surface area contributed by atoms with Gasteiger partial charge < -0.3 is 14.6 Å². The van der Waals surface area contributed by atoms with Gasteiger partial charge in [-0.05, 0) is 36.6 Å². The highest BCUT2D eigenvalue weighted by Gasteiger charge is 2.19. The lowest BCUT2D eigenvalue weighted by Crippen LogP contribution is -2.49. The molecule has 1 aromatic heterocycles. The molecule has 0 saturated carbocycles. The Kier molecular flexibility index (Phi) is 5.52. The second kappa shape index (κ2) is 8.19. The minimum absolute atomic E-state index is 0.116. The van der Waals surface area contributed by atoms with Crippen molar-refractivity contribution in [2.75, 3.05) is 24.5 Å². The lowest BCUT2D eigenvalue weighted by atomic mass is 10.0. The number of hydrogen-bond donors (Lipinski definition) is 3. The molecular formula is C18H20N4O4. The van der Waals surface area contributed by atoms with Gasteiger partial charge in [-0.25, -0.2) is 0 Å². The smallest absolute Gasteiger partial charge is 0.287 e. The molecule has 8 nitrogen and oxygen atoms in total. The third kappa shape index (κ3) is 4.41. The zero-order valence-corrected chi connectivity index (χ0v) is 14.2. The first-order valence-corrected chi connectivity index (χ1v) is 8.36. The summed E-state index contributed by atoms with van der Waals surface area (Å²) < 4.78 is 4.92. The number of benzene rings is 1. The van der Waals surface area contributed by atoms with E-state index in [1.807, 2.05) is 23.1 Å². The Morgan fingerprint density at radius 1 is 1.04 bits per heavy atom. The van der Waals surface area contributed by atoms with Crippen molar-refractivity contribution >= 4 is 23.4 Å². The van der Waals surface area contributed by atoms with Crippen molar-refractivity contribution in [2.45, 2.75) is 12.8 Å². The van der Waals surface area contributed by atoms with E-state index in [2.05, 4.69) is 22.2 Å². The monoisotopic (exact) mass is 356 g/mol. The first-order chi connectivity index (χ1) is 12.6. The number of hydrazine groups is 1. The molecule has 3 rings (SSSR count). The zero-order valence-electron chi connectivity index (χ0n) is 14.2. The first-order valence-electron chi connectivity index (χ1n) is 8.36. The summed E-state index contributed by atoms with van der Waals surface area (Å²) in [6.07, 6.45) is 3.35. The van der Waals surface area contributed by atoms with E-state index in [-0.39, 0.29) is 24.8 Å². The number of furan rings is 1. The van der Waals surface area contributed by atoms with Crippen LogP contribution in [0.3, 0.4) is 0 Å². The number of anilines is 1. The molecule has 1 aliphatic heterocycles. The Labute approximate surface area is 150 Å². The molecule has 0 spiro atoms. The highest BCUT2D eigenvalue weighted by Crippen LogP contribution is 2.26. The van der Waals surface area contributed by atoms with Crippen LogP contribution in [0.4, 0.5) is 5.69 Å². The Hall–Kier alpha value is -3.29. The van der Waals surface area contributed by atoms with E-state index in [0.717, 1.165) is 25.1 Å². The zero-order chi connectivity index (χ0) is 18.4. The molecule has 0 aliphatic carbocycles. The number of carbonyl (C=O) groups is 3. The molecule has 3 amide bonds. The summed E-state index contributed by atoms with van der Waals surface area (Å²) in [4.78, 5) is 37.4. The van der Waals surface area contributed by atoms with Gasteiger partial charge in [0.2, 0.25) is 0 Å². The van der Waals surface area contributed by atoms with Crippen LogP contribution >= 0.6 is 0 Å². The summed E-state index contributed by atoms with van der Waals surface area (Å²) in [7, 11) is 0. The Bertz CT molecular complexity index is 788. The quantitative estimate of drug-likeness (QED) is 0.681. The third-order valence-electron chi connectivity index (χ3n) is 4.04. The van der Waals surface area contributed by atoms with Gasteiger partial charge in [-0.1, -0.05) is 18.2 Å². The number of carbonyl (C=O) groups excluding carboxylic acids is 3. The standard InChI is InChI=1S/C18H20N4O4/c23-16(11-19-18(25)15-8-4-10-26-15)20-21-17(24)12-22-9-3-6-13-5-1-2-7-14(13)22/h1-2,4-5,7-8,10H,3,6,9,11-12H2,(H,19,25)(H,20,23)(H,21,24). The Morgan fingerprint density at radius 3 is 2.65 bits per heavy atom. The first kappa shape index (κ1) is 17.5. The molecule has 136 valence electrons. The molecule has 8 heteroatoms. The molecule has 0 saturated heterocycles. The topological polar surface area (TPSA) is 104 Å². The average molecular weight is 356 g/mol. The second-order valence-electron chi connectivity index (χ2n) is 5.91. The van der Waals surface area contributed by atoms with E-state index in [0.29, 0.717) is 0 Å². The van der Waals surface area contributed by atoms with Crippen LogP contribution in [0.25, 0.3) is 0 Å². The van der Waals surface area contributed by atoms with Crippen molar-refractivity contribution in [1.82, 2.24) is 16.2 Å². The molecule has 3 N–H and O–H groups in total. The number of nitrogens with zero attached hydrogens (tertiary/aromatic N) is 1. The fourth-order valence-electron chi connectivity index (χ4n) is 2.83. The predicted octanol–water partition coefficient (Wildman–Crippen LogP) is 0.610. The lowest BCUT2D eigenvalue weighted by molar-refractivity contribution is -0.127. The van der Waals surface area contributed by atoms with E-state index in [1.54, 1.807) is 6.07 Å². The summed E-state index contributed by atoms with van der Waals surface area (Å²) in [5.41, 5.74) is 6.92. The van der Waals surface area contributed by atoms with Gasteiger partial charge >= 0.3 is 0 Å². The Balaban J connectivity index is 1.42. The van der Waals surface area contributed by atoms with Crippen molar-refractivity contribution < 1.29 is 18.8 Å². The van der Waals surface area contributed by atoms with Crippen LogP contribution in [-0.2, 0) is 16.0 Å². The van der Waals surface area contributed by atoms with Crippen molar-refractivity contribution in [1.29, 1.82) is 0 Å². The summed E-state index contributed by atoms with van der Waals surface area (Å²) in [6.45, 7) is 0.667. The second-order valence-corrected chi connectivity index (χ2v) is 5.91. The summed E-state index contributed by atoms with van der Waals surface area (Å²) in [5, 5.41) is 2.40. The highest BCUT2D eigenvalue weighted by molar-refractivity contribution is 5.94.